The molecular weight excluding hydrogens is 452 g/mol. The van der Waals surface area contributed by atoms with Crippen LogP contribution in [0.4, 0.5) is 5.69 Å². The van der Waals surface area contributed by atoms with Crippen molar-refractivity contribution < 1.29 is 23.9 Å². The molecule has 34 heavy (non-hydrogen) atoms. The second-order valence-electron chi connectivity index (χ2n) is 7.80. The van der Waals surface area contributed by atoms with Gasteiger partial charge in [0.25, 0.3) is 11.8 Å². The number of anilines is 1. The van der Waals surface area contributed by atoms with Crippen molar-refractivity contribution in [1.82, 2.24) is 5.32 Å². The van der Waals surface area contributed by atoms with Gasteiger partial charge >= 0.3 is 0 Å². The molecule has 1 fully saturated rings. The summed E-state index contributed by atoms with van der Waals surface area (Å²) in [5.41, 5.74) is 2.12. The molecule has 2 aromatic carbocycles. The summed E-state index contributed by atoms with van der Waals surface area (Å²) in [4.78, 5) is 38.1. The summed E-state index contributed by atoms with van der Waals surface area (Å²) in [5.74, 6) is -1.84. The highest BCUT2D eigenvalue weighted by atomic mass is 32.1. The Morgan fingerprint density at radius 1 is 1.12 bits per heavy atom. The van der Waals surface area contributed by atoms with Crippen LogP contribution in [0.5, 0.6) is 0 Å². The van der Waals surface area contributed by atoms with Gasteiger partial charge in [-0.15, -0.1) is 0 Å². The normalized spacial score (nSPS) is 15.0. The molecule has 0 spiro atoms. The van der Waals surface area contributed by atoms with Gasteiger partial charge in [-0.2, -0.15) is 0 Å². The van der Waals surface area contributed by atoms with Crippen LogP contribution in [0, 0.1) is 0 Å². The second kappa shape index (κ2) is 9.84. The van der Waals surface area contributed by atoms with Crippen molar-refractivity contribution in [3.8, 4) is 11.3 Å². The lowest BCUT2D eigenvalue weighted by atomic mass is 10.1. The van der Waals surface area contributed by atoms with Gasteiger partial charge in [0.15, 0.2) is 5.11 Å². The zero-order valence-corrected chi connectivity index (χ0v) is 19.2. The number of carbonyl (C=O) groups is 3. The lowest BCUT2D eigenvalue weighted by Crippen LogP contribution is -2.54. The van der Waals surface area contributed by atoms with Gasteiger partial charge in [0.05, 0.1) is 11.7 Å². The molecule has 172 valence electrons. The predicted molar refractivity (Wildman–Crippen MR) is 130 cm³/mol. The Bertz CT molecular complexity index is 1310. The lowest BCUT2D eigenvalue weighted by molar-refractivity contribution is -0.255. The number of aromatic carboxylic acids is 1. The Hall–Kier alpha value is -4.04. The van der Waals surface area contributed by atoms with E-state index >= 15 is 0 Å². The summed E-state index contributed by atoms with van der Waals surface area (Å²) in [6.07, 6.45) is 4.46. The maximum Gasteiger partial charge on any atom is 0.270 e. The van der Waals surface area contributed by atoms with Gasteiger partial charge in [-0.05, 0) is 72.6 Å². The Morgan fingerprint density at radius 2 is 1.88 bits per heavy atom. The third-order valence-electron chi connectivity index (χ3n) is 5.41. The van der Waals surface area contributed by atoms with Gasteiger partial charge in [-0.25, -0.2) is 0 Å². The van der Waals surface area contributed by atoms with Crippen molar-refractivity contribution in [2.24, 2.45) is 0 Å². The number of rotatable bonds is 7. The number of amides is 2. The van der Waals surface area contributed by atoms with Crippen LogP contribution in [0.1, 0.15) is 41.4 Å². The molecule has 1 N–H and O–H groups in total. The highest BCUT2D eigenvalue weighted by molar-refractivity contribution is 7.80. The summed E-state index contributed by atoms with van der Waals surface area (Å²) in [6, 6.07) is 16.8. The average Bonchev–Trinajstić information content (AvgIpc) is 3.30. The van der Waals surface area contributed by atoms with Crippen LogP contribution in [0.2, 0.25) is 0 Å². The highest BCUT2D eigenvalue weighted by Gasteiger charge is 2.34. The molecule has 0 radical (unpaired) electrons. The molecule has 3 aromatic rings. The molecule has 0 atom stereocenters. The van der Waals surface area contributed by atoms with E-state index < -0.39 is 17.8 Å². The summed E-state index contributed by atoms with van der Waals surface area (Å²) < 4.78 is 5.75. The quantitative estimate of drug-likeness (QED) is 0.320. The zero-order valence-electron chi connectivity index (χ0n) is 18.4. The van der Waals surface area contributed by atoms with E-state index in [1.807, 2.05) is 12.1 Å². The van der Waals surface area contributed by atoms with Gasteiger partial charge in [0, 0.05) is 5.56 Å². The van der Waals surface area contributed by atoms with Crippen LogP contribution >= 0.6 is 12.2 Å². The van der Waals surface area contributed by atoms with Crippen molar-refractivity contribution in [2.45, 2.75) is 26.2 Å². The second-order valence-corrected chi connectivity index (χ2v) is 8.18. The van der Waals surface area contributed by atoms with Crippen molar-refractivity contribution in [3.63, 3.8) is 0 Å². The molecule has 1 aromatic heterocycles. The van der Waals surface area contributed by atoms with Crippen LogP contribution in [-0.4, -0.2) is 22.9 Å². The van der Waals surface area contributed by atoms with E-state index in [4.69, 9.17) is 16.6 Å². The minimum absolute atomic E-state index is 0.00712. The van der Waals surface area contributed by atoms with E-state index in [2.05, 4.69) is 12.2 Å². The number of carbonyl (C=O) groups excluding carboxylic acids is 3. The zero-order chi connectivity index (χ0) is 24.2. The molecule has 0 unspecified atom stereocenters. The summed E-state index contributed by atoms with van der Waals surface area (Å²) in [7, 11) is 0. The first-order valence-electron chi connectivity index (χ1n) is 10.8. The third-order valence-corrected chi connectivity index (χ3v) is 5.70. The molecule has 7 nitrogen and oxygen atoms in total. The molecule has 0 aliphatic carbocycles. The number of furan rings is 1. The van der Waals surface area contributed by atoms with E-state index in [1.165, 1.54) is 23.1 Å². The number of aryl methyl sites for hydroxylation is 1. The molecule has 0 saturated carbocycles. The molecular formula is C26H21N2O5S-. The van der Waals surface area contributed by atoms with Crippen molar-refractivity contribution in [3.05, 3.63) is 83.1 Å². The number of hydrogen-bond donors (Lipinski definition) is 1. The molecule has 4 rings (SSSR count). The molecule has 8 heteroatoms. The monoisotopic (exact) mass is 473 g/mol. The van der Waals surface area contributed by atoms with E-state index in [0.717, 1.165) is 24.8 Å². The number of unbranched alkanes of at least 4 members (excludes halogenated alkanes) is 1. The van der Waals surface area contributed by atoms with Crippen LogP contribution in [-0.2, 0) is 16.0 Å². The van der Waals surface area contributed by atoms with Gasteiger partial charge in [-0.3, -0.25) is 19.8 Å². The standard InChI is InChI=1S/C26H22N2O5S/c1-2-3-5-16-8-10-19(11-9-16)28-24(30)21(23(29)27-26(28)34)15-20-12-13-22(33-20)17-6-4-7-18(14-17)25(31)32/h4,6-15H,2-3,5H2,1H3,(H,31,32)(H,27,29,34)/p-1/b21-15-. The molecule has 2 heterocycles. The van der Waals surface area contributed by atoms with Crippen molar-refractivity contribution in [1.29, 1.82) is 0 Å². The topological polar surface area (TPSA) is 103 Å². The third kappa shape index (κ3) is 4.82. The molecule has 1 saturated heterocycles. The van der Waals surface area contributed by atoms with E-state index in [-0.39, 0.29) is 22.0 Å². The van der Waals surface area contributed by atoms with E-state index in [9.17, 15) is 19.5 Å². The van der Waals surface area contributed by atoms with Gasteiger partial charge in [0.1, 0.15) is 17.1 Å². The highest BCUT2D eigenvalue weighted by Crippen LogP contribution is 2.26. The molecule has 0 bridgehead atoms. The lowest BCUT2D eigenvalue weighted by Gasteiger charge is -2.28. The fourth-order valence-corrected chi connectivity index (χ4v) is 3.89. The van der Waals surface area contributed by atoms with Crippen LogP contribution in [0.3, 0.4) is 0 Å². The Labute approximate surface area is 201 Å². The van der Waals surface area contributed by atoms with Gasteiger partial charge < -0.3 is 14.3 Å². The van der Waals surface area contributed by atoms with E-state index in [1.54, 1.807) is 36.4 Å². The minimum atomic E-state index is -1.30. The Morgan fingerprint density at radius 3 is 2.59 bits per heavy atom. The minimum Gasteiger partial charge on any atom is -0.545 e. The van der Waals surface area contributed by atoms with Crippen molar-refractivity contribution in [2.75, 3.05) is 4.90 Å². The average molecular weight is 474 g/mol. The SMILES string of the molecule is CCCCc1ccc(N2C(=O)/C(=C\c3ccc(-c4cccc(C(=O)[O-])c4)o3)C(=O)NC2=S)cc1. The first kappa shape index (κ1) is 23.1. The number of nitrogens with one attached hydrogen (secondary N) is 1. The van der Waals surface area contributed by atoms with Crippen LogP contribution < -0.4 is 15.3 Å². The number of thiocarbonyl (C=S) groups is 1. The first-order chi connectivity index (χ1) is 16.4. The Balaban J connectivity index is 1.60. The van der Waals surface area contributed by atoms with Gasteiger partial charge in [-0.1, -0.05) is 43.7 Å². The fraction of sp³-hybridized carbons (Fsp3) is 0.154. The first-order valence-corrected chi connectivity index (χ1v) is 11.2. The molecule has 2 amide bonds. The number of hydrogen-bond acceptors (Lipinski definition) is 6. The smallest absolute Gasteiger partial charge is 0.270 e. The van der Waals surface area contributed by atoms with Crippen LogP contribution in [0.25, 0.3) is 17.4 Å². The molecule has 1 aliphatic rings. The van der Waals surface area contributed by atoms with E-state index in [0.29, 0.717) is 17.0 Å². The maximum absolute atomic E-state index is 13.2. The Kier molecular flexibility index (Phi) is 6.70. The number of carboxylic acids is 1. The maximum atomic E-state index is 13.2. The summed E-state index contributed by atoms with van der Waals surface area (Å²) in [6.45, 7) is 2.13. The number of nitrogens with zero attached hydrogens (tertiary/aromatic N) is 1. The number of benzene rings is 2. The van der Waals surface area contributed by atoms with Crippen LogP contribution in [0.15, 0.2) is 70.7 Å². The summed E-state index contributed by atoms with van der Waals surface area (Å²) in [5, 5.41) is 13.7. The predicted octanol–water partition coefficient (Wildman–Crippen LogP) is 3.48. The van der Waals surface area contributed by atoms with Gasteiger partial charge in [0.2, 0.25) is 0 Å². The number of carboxylic acid groups (broad SMARTS) is 1. The largest absolute Gasteiger partial charge is 0.545 e. The van der Waals surface area contributed by atoms with Crippen molar-refractivity contribution >= 4 is 46.9 Å². The summed E-state index contributed by atoms with van der Waals surface area (Å²) >= 11 is 5.25. The molecule has 1 aliphatic heterocycles. The fourth-order valence-electron chi connectivity index (χ4n) is 3.61.